The zero-order valence-corrected chi connectivity index (χ0v) is 11.1. The van der Waals surface area contributed by atoms with Crippen LogP contribution in [0.25, 0.3) is 0 Å². The lowest BCUT2D eigenvalue weighted by atomic mass is 10.3. The quantitative estimate of drug-likeness (QED) is 0.854. The number of benzene rings is 1. The van der Waals surface area contributed by atoms with Crippen molar-refractivity contribution in [2.24, 2.45) is 5.92 Å². The number of sulfonamides is 1. The summed E-state index contributed by atoms with van der Waals surface area (Å²) in [4.78, 5) is 0.122. The van der Waals surface area contributed by atoms with Gasteiger partial charge in [0.25, 0.3) is 0 Å². The Bertz CT molecular complexity index is 526. The Balaban J connectivity index is 2.29. The molecule has 1 saturated carbocycles. The number of rotatable bonds is 4. The maximum Gasteiger partial charge on any atom is 0.244 e. The van der Waals surface area contributed by atoms with Crippen molar-refractivity contribution >= 4 is 27.3 Å². The second-order valence-corrected chi connectivity index (χ2v) is 6.84. The molecule has 94 valence electrons. The highest BCUT2D eigenvalue weighted by Gasteiger charge is 2.30. The molecular formula is C11H15ClN2O2S. The molecule has 2 N–H and O–H groups in total. The highest BCUT2D eigenvalue weighted by Crippen LogP contribution is 2.32. The maximum atomic E-state index is 12.2. The van der Waals surface area contributed by atoms with Crippen LogP contribution in [0.2, 0.25) is 5.02 Å². The summed E-state index contributed by atoms with van der Waals surface area (Å²) in [6.45, 7) is 0.559. The molecule has 0 atom stereocenters. The molecule has 1 aliphatic carbocycles. The average Bonchev–Trinajstić information content (AvgIpc) is 3.00. The maximum absolute atomic E-state index is 12.2. The van der Waals surface area contributed by atoms with Gasteiger partial charge in [-0.15, -0.1) is 0 Å². The normalized spacial score (nSPS) is 16.4. The fraction of sp³-hybridized carbons (Fsp3) is 0.455. The van der Waals surface area contributed by atoms with E-state index in [1.807, 2.05) is 0 Å². The fourth-order valence-corrected chi connectivity index (χ4v) is 3.43. The third kappa shape index (κ3) is 2.73. The van der Waals surface area contributed by atoms with E-state index in [0.29, 0.717) is 18.2 Å². The van der Waals surface area contributed by atoms with Crippen molar-refractivity contribution in [1.82, 2.24) is 4.31 Å². The van der Waals surface area contributed by atoms with Gasteiger partial charge < -0.3 is 5.73 Å². The molecule has 0 aromatic heterocycles. The highest BCUT2D eigenvalue weighted by atomic mass is 35.5. The first-order chi connectivity index (χ1) is 7.91. The van der Waals surface area contributed by atoms with Gasteiger partial charge in [0, 0.05) is 19.3 Å². The molecule has 0 bridgehead atoms. The number of hydrogen-bond acceptors (Lipinski definition) is 3. The lowest BCUT2D eigenvalue weighted by Crippen LogP contribution is -2.29. The van der Waals surface area contributed by atoms with E-state index in [1.54, 1.807) is 13.1 Å². The Labute approximate surface area is 106 Å². The predicted molar refractivity (Wildman–Crippen MR) is 68.4 cm³/mol. The van der Waals surface area contributed by atoms with Crippen LogP contribution < -0.4 is 5.73 Å². The lowest BCUT2D eigenvalue weighted by molar-refractivity contribution is 0.453. The number of nitrogens with zero attached hydrogens (tertiary/aromatic N) is 1. The summed E-state index contributed by atoms with van der Waals surface area (Å²) in [5.41, 5.74) is 6.00. The van der Waals surface area contributed by atoms with Crippen molar-refractivity contribution in [3.63, 3.8) is 0 Å². The number of anilines is 1. The van der Waals surface area contributed by atoms with E-state index in [9.17, 15) is 8.42 Å². The molecule has 1 aromatic carbocycles. The molecule has 0 unspecified atom stereocenters. The molecule has 4 nitrogen and oxygen atoms in total. The van der Waals surface area contributed by atoms with Crippen LogP contribution >= 0.6 is 11.6 Å². The lowest BCUT2D eigenvalue weighted by Gasteiger charge is -2.17. The summed E-state index contributed by atoms with van der Waals surface area (Å²) in [6, 6.07) is 4.46. The van der Waals surface area contributed by atoms with Gasteiger partial charge in [0.1, 0.15) is 4.90 Å². The molecule has 0 aliphatic heterocycles. The van der Waals surface area contributed by atoms with E-state index in [-0.39, 0.29) is 9.92 Å². The summed E-state index contributed by atoms with van der Waals surface area (Å²) < 4.78 is 25.8. The number of hydrogen-bond donors (Lipinski definition) is 1. The minimum Gasteiger partial charge on any atom is -0.399 e. The Morgan fingerprint density at radius 1 is 1.47 bits per heavy atom. The molecule has 1 aromatic rings. The SMILES string of the molecule is CN(CC1CC1)S(=O)(=O)c1ccc(N)cc1Cl. The first-order valence-corrected chi connectivity index (χ1v) is 7.24. The van der Waals surface area contributed by atoms with E-state index < -0.39 is 10.0 Å². The van der Waals surface area contributed by atoms with Gasteiger partial charge in [0.15, 0.2) is 0 Å². The van der Waals surface area contributed by atoms with E-state index in [1.165, 1.54) is 16.4 Å². The smallest absolute Gasteiger partial charge is 0.244 e. The summed E-state index contributed by atoms with van der Waals surface area (Å²) >= 11 is 5.92. The molecule has 6 heteroatoms. The molecule has 0 radical (unpaired) electrons. The van der Waals surface area contributed by atoms with Crippen LogP contribution in [-0.4, -0.2) is 26.3 Å². The molecule has 0 amide bonds. The van der Waals surface area contributed by atoms with Crippen molar-refractivity contribution < 1.29 is 8.42 Å². The van der Waals surface area contributed by atoms with Crippen LogP contribution in [-0.2, 0) is 10.0 Å². The van der Waals surface area contributed by atoms with E-state index in [2.05, 4.69) is 0 Å². The minimum absolute atomic E-state index is 0.122. The van der Waals surface area contributed by atoms with Gasteiger partial charge in [-0.05, 0) is 37.0 Å². The minimum atomic E-state index is -3.50. The summed E-state index contributed by atoms with van der Waals surface area (Å²) in [7, 11) is -1.91. The molecular weight excluding hydrogens is 260 g/mol. The first-order valence-electron chi connectivity index (χ1n) is 5.42. The van der Waals surface area contributed by atoms with Crippen LogP contribution in [0.3, 0.4) is 0 Å². The molecule has 1 aliphatic rings. The van der Waals surface area contributed by atoms with E-state index in [4.69, 9.17) is 17.3 Å². The highest BCUT2D eigenvalue weighted by molar-refractivity contribution is 7.89. The van der Waals surface area contributed by atoms with Crippen LogP contribution in [0.1, 0.15) is 12.8 Å². The van der Waals surface area contributed by atoms with Crippen LogP contribution in [0.4, 0.5) is 5.69 Å². The Morgan fingerprint density at radius 3 is 2.65 bits per heavy atom. The molecule has 0 heterocycles. The Kier molecular flexibility index (Phi) is 3.34. The van der Waals surface area contributed by atoms with Gasteiger partial charge in [0.05, 0.1) is 5.02 Å². The fourth-order valence-electron chi connectivity index (χ4n) is 1.66. The summed E-state index contributed by atoms with van der Waals surface area (Å²) in [5.74, 6) is 0.502. The zero-order valence-electron chi connectivity index (χ0n) is 9.56. The largest absolute Gasteiger partial charge is 0.399 e. The van der Waals surface area contributed by atoms with Gasteiger partial charge in [-0.2, -0.15) is 0 Å². The second-order valence-electron chi connectivity index (χ2n) is 4.42. The van der Waals surface area contributed by atoms with Crippen molar-refractivity contribution in [2.45, 2.75) is 17.7 Å². The molecule has 0 saturated heterocycles. The topological polar surface area (TPSA) is 63.4 Å². The van der Waals surface area contributed by atoms with Gasteiger partial charge in [-0.3, -0.25) is 0 Å². The van der Waals surface area contributed by atoms with Crippen LogP contribution in [0.15, 0.2) is 23.1 Å². The predicted octanol–water partition coefficient (Wildman–Crippen LogP) is 1.95. The Morgan fingerprint density at radius 2 is 2.12 bits per heavy atom. The monoisotopic (exact) mass is 274 g/mol. The van der Waals surface area contributed by atoms with Gasteiger partial charge in [0.2, 0.25) is 10.0 Å². The van der Waals surface area contributed by atoms with E-state index >= 15 is 0 Å². The van der Waals surface area contributed by atoms with Crippen molar-refractivity contribution in [1.29, 1.82) is 0 Å². The summed E-state index contributed by atoms with van der Waals surface area (Å²) in [6.07, 6.45) is 2.21. The van der Waals surface area contributed by atoms with Crippen LogP contribution in [0, 0.1) is 5.92 Å². The molecule has 2 rings (SSSR count). The standard InChI is InChI=1S/C11H15ClN2O2S/c1-14(7-8-2-3-8)17(15,16)11-5-4-9(13)6-10(11)12/h4-6,8H,2-3,7,13H2,1H3. The van der Waals surface area contributed by atoms with Gasteiger partial charge >= 0.3 is 0 Å². The summed E-state index contributed by atoms with van der Waals surface area (Å²) in [5, 5.41) is 0.174. The average molecular weight is 275 g/mol. The number of nitrogens with two attached hydrogens (primary N) is 1. The van der Waals surface area contributed by atoms with Crippen LogP contribution in [0.5, 0.6) is 0 Å². The third-order valence-electron chi connectivity index (χ3n) is 2.86. The number of halogens is 1. The zero-order chi connectivity index (χ0) is 12.6. The van der Waals surface area contributed by atoms with Crippen molar-refractivity contribution in [3.05, 3.63) is 23.2 Å². The first kappa shape index (κ1) is 12.7. The second kappa shape index (κ2) is 4.48. The third-order valence-corrected chi connectivity index (χ3v) is 5.16. The van der Waals surface area contributed by atoms with Crippen molar-refractivity contribution in [2.75, 3.05) is 19.3 Å². The van der Waals surface area contributed by atoms with Gasteiger partial charge in [-0.1, -0.05) is 11.6 Å². The van der Waals surface area contributed by atoms with Crippen molar-refractivity contribution in [3.8, 4) is 0 Å². The molecule has 1 fully saturated rings. The van der Waals surface area contributed by atoms with Gasteiger partial charge in [-0.25, -0.2) is 12.7 Å². The molecule has 0 spiro atoms. The number of nitrogen functional groups attached to an aromatic ring is 1. The van der Waals surface area contributed by atoms with E-state index in [0.717, 1.165) is 12.8 Å². The molecule has 17 heavy (non-hydrogen) atoms. The Hall–Kier alpha value is -0.780.